The number of nitrogens with two attached hydrogens (primary N) is 1. The predicted octanol–water partition coefficient (Wildman–Crippen LogP) is 3.69. The molecule has 0 amide bonds. The highest BCUT2D eigenvalue weighted by molar-refractivity contribution is 7.22. The number of aromatic nitrogens is 3. The maximum absolute atomic E-state index is 12.5. The van der Waals surface area contributed by atoms with Gasteiger partial charge in [0.05, 0.1) is 23.0 Å². The van der Waals surface area contributed by atoms with Crippen molar-refractivity contribution in [3.05, 3.63) is 69.0 Å². The number of nitrogens with one attached hydrogen (secondary N) is 1. The first-order valence-electron chi connectivity index (χ1n) is 9.39. The number of anilines is 1. The first kappa shape index (κ1) is 19.9. The van der Waals surface area contributed by atoms with Crippen molar-refractivity contribution in [2.24, 2.45) is 0 Å². The molecular weight excluding hydrogens is 400 g/mol. The van der Waals surface area contributed by atoms with Gasteiger partial charge in [0.2, 0.25) is 0 Å². The third-order valence-corrected chi connectivity index (χ3v) is 5.76. The summed E-state index contributed by atoms with van der Waals surface area (Å²) in [6.45, 7) is 6.18. The second-order valence-electron chi connectivity index (χ2n) is 8.02. The molecular formula is C22H22N4O3S. The van der Waals surface area contributed by atoms with E-state index in [1.54, 1.807) is 13.2 Å². The molecule has 2 aromatic heterocycles. The van der Waals surface area contributed by atoms with Crippen LogP contribution in [0, 0.1) is 0 Å². The van der Waals surface area contributed by atoms with E-state index in [2.05, 4.69) is 30.7 Å². The lowest BCUT2D eigenvalue weighted by molar-refractivity contribution is 0.399. The van der Waals surface area contributed by atoms with E-state index < -0.39 is 11.2 Å². The van der Waals surface area contributed by atoms with Crippen molar-refractivity contribution in [3.63, 3.8) is 0 Å². The molecule has 154 valence electrons. The molecule has 0 saturated carbocycles. The molecule has 0 aliphatic heterocycles. The van der Waals surface area contributed by atoms with Gasteiger partial charge in [-0.25, -0.2) is 14.3 Å². The molecule has 4 rings (SSSR count). The van der Waals surface area contributed by atoms with Gasteiger partial charge in [0.1, 0.15) is 5.75 Å². The molecule has 0 radical (unpaired) electrons. The van der Waals surface area contributed by atoms with Gasteiger partial charge in [-0.1, -0.05) is 38.2 Å². The Bertz CT molecular complexity index is 1350. The third kappa shape index (κ3) is 3.39. The summed E-state index contributed by atoms with van der Waals surface area (Å²) in [4.78, 5) is 31.8. The Morgan fingerprint density at radius 1 is 1.13 bits per heavy atom. The average molecular weight is 423 g/mol. The van der Waals surface area contributed by atoms with Gasteiger partial charge in [-0.05, 0) is 35.2 Å². The first-order valence-corrected chi connectivity index (χ1v) is 10.2. The zero-order valence-corrected chi connectivity index (χ0v) is 18.0. The van der Waals surface area contributed by atoms with Crippen molar-refractivity contribution in [3.8, 4) is 22.6 Å². The second kappa shape index (κ2) is 7.14. The summed E-state index contributed by atoms with van der Waals surface area (Å²) < 4.78 is 7.89. The number of methoxy groups -OCH3 is 1. The zero-order valence-electron chi connectivity index (χ0n) is 17.1. The Balaban J connectivity index is 2.07. The number of H-pyrrole nitrogens is 1. The van der Waals surface area contributed by atoms with E-state index >= 15 is 0 Å². The summed E-state index contributed by atoms with van der Waals surface area (Å²) in [6.07, 6.45) is 1.35. The topological polar surface area (TPSA) is 103 Å². The van der Waals surface area contributed by atoms with Crippen LogP contribution in [0.15, 0.2) is 52.2 Å². The molecule has 4 aromatic rings. The van der Waals surface area contributed by atoms with Gasteiger partial charge in [0.25, 0.3) is 5.56 Å². The van der Waals surface area contributed by atoms with Crippen molar-refractivity contribution in [2.75, 3.05) is 12.8 Å². The molecule has 0 atom stereocenters. The molecule has 0 aliphatic carbocycles. The molecule has 3 N–H and O–H groups in total. The van der Waals surface area contributed by atoms with Crippen LogP contribution in [0.3, 0.4) is 0 Å². The minimum absolute atomic E-state index is 0.291. The minimum atomic E-state index is -0.496. The second-order valence-corrected chi connectivity index (χ2v) is 9.08. The lowest BCUT2D eigenvalue weighted by atomic mass is 9.83. The molecule has 2 aromatic carbocycles. The van der Waals surface area contributed by atoms with Crippen LogP contribution in [0.5, 0.6) is 5.75 Å². The van der Waals surface area contributed by atoms with E-state index in [0.29, 0.717) is 16.6 Å². The van der Waals surface area contributed by atoms with Gasteiger partial charge in [-0.3, -0.25) is 4.79 Å². The summed E-state index contributed by atoms with van der Waals surface area (Å²) in [5.41, 5.74) is 8.52. The number of benzene rings is 2. The number of hydrogen-bond acceptors (Lipinski definition) is 6. The fourth-order valence-corrected chi connectivity index (χ4v) is 4.29. The number of ether oxygens (including phenoxy) is 1. The molecule has 7 nitrogen and oxygen atoms in total. The number of rotatable bonds is 3. The summed E-state index contributed by atoms with van der Waals surface area (Å²) in [7, 11) is 1.62. The van der Waals surface area contributed by atoms with E-state index in [4.69, 9.17) is 10.5 Å². The molecule has 0 aliphatic rings. The smallest absolute Gasteiger partial charge is 0.332 e. The molecule has 0 saturated heterocycles. The molecule has 2 heterocycles. The normalized spacial score (nSPS) is 11.7. The van der Waals surface area contributed by atoms with Crippen molar-refractivity contribution in [2.45, 2.75) is 26.2 Å². The number of fused-ring (bicyclic) bond motifs is 1. The van der Waals surface area contributed by atoms with Crippen LogP contribution in [0.2, 0.25) is 0 Å². The maximum Gasteiger partial charge on any atom is 0.332 e. The van der Waals surface area contributed by atoms with E-state index in [1.165, 1.54) is 23.6 Å². The molecule has 0 spiro atoms. The van der Waals surface area contributed by atoms with E-state index in [0.717, 1.165) is 31.5 Å². The largest absolute Gasteiger partial charge is 0.496 e. The monoisotopic (exact) mass is 422 g/mol. The van der Waals surface area contributed by atoms with E-state index in [9.17, 15) is 9.59 Å². The summed E-state index contributed by atoms with van der Waals surface area (Å²) >= 11 is 1.41. The fourth-order valence-electron chi connectivity index (χ4n) is 3.51. The van der Waals surface area contributed by atoms with Crippen molar-refractivity contribution >= 4 is 26.7 Å². The number of aromatic amines is 1. The van der Waals surface area contributed by atoms with Gasteiger partial charge in [-0.15, -0.1) is 0 Å². The SMILES string of the molecule is COc1c(-c2ccc3nc(N)sc3c2)cc(-n2c(=O)cc[nH]c2=O)cc1C(C)(C)C. The first-order chi connectivity index (χ1) is 14.2. The Morgan fingerprint density at radius 3 is 2.57 bits per heavy atom. The summed E-state index contributed by atoms with van der Waals surface area (Å²) in [6, 6.07) is 10.8. The maximum atomic E-state index is 12.5. The standard InChI is InChI=1S/C22H22N4O3S/c1-22(2,3)15-11-13(26-18(27)7-8-24-21(26)28)10-14(19(15)29-4)12-5-6-16-17(9-12)30-20(23)25-16/h5-11H,1-4H3,(H2,23,25)(H,24,28). The lowest BCUT2D eigenvalue weighted by Gasteiger charge is -2.25. The number of nitrogen functional groups attached to an aromatic ring is 1. The van der Waals surface area contributed by atoms with Crippen LogP contribution < -0.4 is 21.7 Å². The summed E-state index contributed by atoms with van der Waals surface area (Å²) in [5, 5.41) is 0.501. The third-order valence-electron chi connectivity index (χ3n) is 4.92. The Labute approximate surface area is 176 Å². The van der Waals surface area contributed by atoms with E-state index in [-0.39, 0.29) is 5.41 Å². The summed E-state index contributed by atoms with van der Waals surface area (Å²) in [5.74, 6) is 0.698. The average Bonchev–Trinajstić information content (AvgIpc) is 3.05. The molecule has 0 bridgehead atoms. The highest BCUT2D eigenvalue weighted by Gasteiger charge is 2.24. The van der Waals surface area contributed by atoms with Gasteiger partial charge in [0, 0.05) is 23.4 Å². The van der Waals surface area contributed by atoms with Gasteiger partial charge in [-0.2, -0.15) is 0 Å². The lowest BCUT2D eigenvalue weighted by Crippen LogP contribution is -2.32. The molecule has 30 heavy (non-hydrogen) atoms. The number of nitrogens with zero attached hydrogens (tertiary/aromatic N) is 2. The number of thiazole rings is 1. The van der Waals surface area contributed by atoms with Gasteiger partial charge in [0.15, 0.2) is 5.13 Å². The quantitative estimate of drug-likeness (QED) is 0.524. The van der Waals surface area contributed by atoms with Crippen LogP contribution in [-0.4, -0.2) is 21.6 Å². The highest BCUT2D eigenvalue weighted by Crippen LogP contribution is 2.42. The van der Waals surface area contributed by atoms with Crippen molar-refractivity contribution in [1.29, 1.82) is 0 Å². The molecule has 0 fully saturated rings. The van der Waals surface area contributed by atoms with Crippen LogP contribution in [0.25, 0.3) is 27.0 Å². The van der Waals surface area contributed by atoms with Crippen LogP contribution in [-0.2, 0) is 5.41 Å². The van der Waals surface area contributed by atoms with Crippen molar-refractivity contribution < 1.29 is 4.74 Å². The van der Waals surface area contributed by atoms with Crippen LogP contribution in [0.1, 0.15) is 26.3 Å². The highest BCUT2D eigenvalue weighted by atomic mass is 32.1. The fraction of sp³-hybridized carbons (Fsp3) is 0.227. The van der Waals surface area contributed by atoms with Crippen LogP contribution >= 0.6 is 11.3 Å². The molecule has 8 heteroatoms. The van der Waals surface area contributed by atoms with Gasteiger partial charge >= 0.3 is 5.69 Å². The number of hydrogen-bond donors (Lipinski definition) is 2. The van der Waals surface area contributed by atoms with Crippen molar-refractivity contribution in [1.82, 2.24) is 14.5 Å². The zero-order chi connectivity index (χ0) is 21.6. The Morgan fingerprint density at radius 2 is 1.90 bits per heavy atom. The Hall–Kier alpha value is -3.39. The molecule has 0 unspecified atom stereocenters. The predicted molar refractivity (Wildman–Crippen MR) is 121 cm³/mol. The Kier molecular flexibility index (Phi) is 4.74. The van der Waals surface area contributed by atoms with Crippen LogP contribution in [0.4, 0.5) is 5.13 Å². The van der Waals surface area contributed by atoms with Gasteiger partial charge < -0.3 is 15.5 Å². The minimum Gasteiger partial charge on any atom is -0.496 e. The van der Waals surface area contributed by atoms with E-state index in [1.807, 2.05) is 24.3 Å².